The normalized spacial score (nSPS) is 21.3. The molecule has 0 aliphatic carbocycles. The minimum Gasteiger partial charge on any atom is -0.397 e. The zero-order valence-corrected chi connectivity index (χ0v) is 36.4. The number of morpholine rings is 3. The first-order valence-electron chi connectivity index (χ1n) is 22.0. The maximum atomic E-state index is 10.6. The Morgan fingerprint density at radius 2 is 0.935 bits per heavy atom. The second-order valence-electron chi connectivity index (χ2n) is 16.0. The smallest absolute Gasteiger partial charge is 0.287 e. The zero-order chi connectivity index (χ0) is 43.5. The molecule has 3 N–H and O–H groups in total. The minimum absolute atomic E-state index is 0.0435. The van der Waals surface area contributed by atoms with Gasteiger partial charge < -0.3 is 35.1 Å². The maximum absolute atomic E-state index is 10.6. The SMILES string of the molecule is C1CC(N2CCOCC2)CCN1.Nc1ccc(N2CCC(N3CCOCC3)CC2)nc1.O=[N+]([O-])c1ccc(Cl)nc1.O=[N+]([O-])c1ccc(N2CCC(N3CCOCC3)CC2)nc1. The summed E-state index contributed by atoms with van der Waals surface area (Å²) in [5.74, 6) is 1.88. The fourth-order valence-corrected chi connectivity index (χ4v) is 8.77. The van der Waals surface area contributed by atoms with Crippen LogP contribution in [-0.2, 0) is 14.2 Å². The van der Waals surface area contributed by atoms with E-state index >= 15 is 0 Å². The van der Waals surface area contributed by atoms with Gasteiger partial charge in [0.25, 0.3) is 11.4 Å². The number of hydrogen-bond donors (Lipinski definition) is 2. The molecule has 6 fully saturated rings. The van der Waals surface area contributed by atoms with Gasteiger partial charge in [0, 0.05) is 95.7 Å². The number of nitro groups is 2. The standard InChI is InChI=1S/C14H20N4O3.C14H22N4O.C9H18N2O.C5H3ClN2O2/c19-18(20)13-1-2-14(15-11-13)17-5-3-12(4-6-17)16-7-9-21-10-8-16;15-12-1-2-14(16-11-12)18-5-3-13(4-6-18)17-7-9-19-10-8-17;1-3-10-4-2-9(1)11-5-7-12-8-6-11;6-5-2-1-4(3-7-5)8(9)10/h1-2,11-12H,3-10H2;1-2,11,13H,3-10,15H2;9-10H,1-8H2;1-3H. The molecule has 0 atom stereocenters. The summed E-state index contributed by atoms with van der Waals surface area (Å²) in [5.41, 5.74) is 6.40. The summed E-state index contributed by atoms with van der Waals surface area (Å²) in [6, 6.07) is 12.1. The van der Waals surface area contributed by atoms with Crippen LogP contribution in [0.3, 0.4) is 0 Å². The highest BCUT2D eigenvalue weighted by atomic mass is 35.5. The molecule has 3 aromatic rings. The van der Waals surface area contributed by atoms with Crippen molar-refractivity contribution in [3.63, 3.8) is 0 Å². The second-order valence-corrected chi connectivity index (χ2v) is 16.4. The Morgan fingerprint density at radius 1 is 0.548 bits per heavy atom. The van der Waals surface area contributed by atoms with E-state index in [1.807, 2.05) is 12.1 Å². The number of nitrogen functional groups attached to an aromatic ring is 1. The van der Waals surface area contributed by atoms with E-state index in [2.05, 4.69) is 44.8 Å². The first kappa shape index (κ1) is 47.1. The third kappa shape index (κ3) is 14.9. The number of rotatable bonds is 7. The molecular formula is C42H63ClN12O7. The number of hydrogen-bond acceptors (Lipinski definition) is 17. The fourth-order valence-electron chi connectivity index (χ4n) is 8.65. The number of piperidine rings is 3. The van der Waals surface area contributed by atoms with Crippen LogP contribution in [0.5, 0.6) is 0 Å². The van der Waals surface area contributed by atoms with E-state index in [1.165, 1.54) is 63.2 Å². The van der Waals surface area contributed by atoms with Crippen molar-refractivity contribution in [1.82, 2.24) is 35.0 Å². The Hall–Kier alpha value is -4.34. The number of anilines is 3. The van der Waals surface area contributed by atoms with Gasteiger partial charge in [0.05, 0.1) is 61.4 Å². The molecule has 3 aromatic heterocycles. The van der Waals surface area contributed by atoms with E-state index in [-0.39, 0.29) is 16.5 Å². The number of nitrogens with zero attached hydrogens (tertiary/aromatic N) is 10. The van der Waals surface area contributed by atoms with Crippen LogP contribution in [0.4, 0.5) is 28.7 Å². The molecule has 9 rings (SSSR count). The molecular weight excluding hydrogens is 820 g/mol. The lowest BCUT2D eigenvalue weighted by Crippen LogP contribution is -2.49. The summed E-state index contributed by atoms with van der Waals surface area (Å²) in [4.78, 5) is 44.1. The predicted octanol–water partition coefficient (Wildman–Crippen LogP) is 3.97. The van der Waals surface area contributed by atoms with Crippen molar-refractivity contribution >= 4 is 40.3 Å². The molecule has 0 amide bonds. The van der Waals surface area contributed by atoms with Gasteiger partial charge in [-0.25, -0.2) is 15.0 Å². The van der Waals surface area contributed by atoms with Gasteiger partial charge in [-0.05, 0) is 75.9 Å². The molecule has 62 heavy (non-hydrogen) atoms. The molecule has 6 aliphatic heterocycles. The van der Waals surface area contributed by atoms with Crippen molar-refractivity contribution in [3.8, 4) is 0 Å². The van der Waals surface area contributed by atoms with Gasteiger partial charge in [-0.1, -0.05) is 11.6 Å². The molecule has 0 bridgehead atoms. The largest absolute Gasteiger partial charge is 0.397 e. The van der Waals surface area contributed by atoms with Crippen LogP contribution < -0.4 is 20.9 Å². The van der Waals surface area contributed by atoms with E-state index in [1.54, 1.807) is 12.3 Å². The molecule has 0 unspecified atom stereocenters. The molecule has 6 aliphatic rings. The van der Waals surface area contributed by atoms with Crippen LogP contribution in [-0.4, -0.2) is 176 Å². The number of nitrogens with one attached hydrogen (secondary N) is 1. The van der Waals surface area contributed by atoms with Crippen molar-refractivity contribution in [2.75, 3.05) is 134 Å². The minimum atomic E-state index is -0.524. The van der Waals surface area contributed by atoms with Gasteiger partial charge in [-0.2, -0.15) is 0 Å². The first-order chi connectivity index (χ1) is 30.2. The van der Waals surface area contributed by atoms with Crippen molar-refractivity contribution < 1.29 is 24.1 Å². The van der Waals surface area contributed by atoms with Crippen LogP contribution in [0.2, 0.25) is 5.15 Å². The topological polar surface area (TPSA) is 207 Å². The van der Waals surface area contributed by atoms with Gasteiger partial charge in [-0.3, -0.25) is 34.9 Å². The van der Waals surface area contributed by atoms with Gasteiger partial charge in [-0.15, -0.1) is 0 Å². The Morgan fingerprint density at radius 3 is 1.29 bits per heavy atom. The average molecular weight is 883 g/mol. The molecule has 0 saturated carbocycles. The molecule has 19 nitrogen and oxygen atoms in total. The van der Waals surface area contributed by atoms with Gasteiger partial charge in [0.2, 0.25) is 0 Å². The van der Waals surface area contributed by atoms with E-state index < -0.39 is 9.85 Å². The Kier molecular flexibility index (Phi) is 19.1. The van der Waals surface area contributed by atoms with Crippen molar-refractivity contribution in [2.45, 2.75) is 56.7 Å². The summed E-state index contributed by atoms with van der Waals surface area (Å²) < 4.78 is 16.1. The summed E-state index contributed by atoms with van der Waals surface area (Å²) in [6.07, 6.45) is 11.5. The molecule has 0 radical (unpaired) electrons. The molecule has 0 spiro atoms. The van der Waals surface area contributed by atoms with Crippen LogP contribution in [0.1, 0.15) is 38.5 Å². The number of nitrogens with two attached hydrogens (primary N) is 1. The molecule has 6 saturated heterocycles. The van der Waals surface area contributed by atoms with Crippen LogP contribution in [0, 0.1) is 20.2 Å². The zero-order valence-electron chi connectivity index (χ0n) is 35.7. The first-order valence-corrected chi connectivity index (χ1v) is 22.3. The number of pyridine rings is 3. The van der Waals surface area contributed by atoms with E-state index in [0.29, 0.717) is 12.1 Å². The monoisotopic (exact) mass is 882 g/mol. The highest BCUT2D eigenvalue weighted by Gasteiger charge is 2.28. The third-order valence-electron chi connectivity index (χ3n) is 12.2. The highest BCUT2D eigenvalue weighted by Crippen LogP contribution is 2.24. The third-order valence-corrected chi connectivity index (χ3v) is 12.4. The highest BCUT2D eigenvalue weighted by molar-refractivity contribution is 6.29. The molecule has 0 aromatic carbocycles. The van der Waals surface area contributed by atoms with Gasteiger partial charge in [0.1, 0.15) is 29.2 Å². The average Bonchev–Trinajstić information content (AvgIpc) is 3.34. The fraction of sp³-hybridized carbons (Fsp3) is 0.643. The van der Waals surface area contributed by atoms with Crippen molar-refractivity contribution in [2.24, 2.45) is 0 Å². The summed E-state index contributed by atoms with van der Waals surface area (Å²) in [6.45, 7) is 18.3. The van der Waals surface area contributed by atoms with Crippen LogP contribution in [0.15, 0.2) is 55.0 Å². The maximum Gasteiger partial charge on any atom is 0.287 e. The lowest BCUT2D eigenvalue weighted by molar-refractivity contribution is -0.385. The van der Waals surface area contributed by atoms with Gasteiger partial charge >= 0.3 is 0 Å². The van der Waals surface area contributed by atoms with Crippen LogP contribution >= 0.6 is 11.6 Å². The molecule has 20 heteroatoms. The Labute approximate surface area is 369 Å². The quantitative estimate of drug-likeness (QED) is 0.196. The summed E-state index contributed by atoms with van der Waals surface area (Å²) in [7, 11) is 0. The molecule has 340 valence electrons. The van der Waals surface area contributed by atoms with Crippen molar-refractivity contribution in [3.05, 3.63) is 80.4 Å². The second kappa shape index (κ2) is 25.1. The van der Waals surface area contributed by atoms with E-state index in [4.69, 9.17) is 31.5 Å². The number of ether oxygens (including phenoxy) is 3. The molecule has 9 heterocycles. The lowest BCUT2D eigenvalue weighted by atomic mass is 10.0. The predicted molar refractivity (Wildman–Crippen MR) is 239 cm³/mol. The number of halogens is 1. The van der Waals surface area contributed by atoms with E-state index in [9.17, 15) is 20.2 Å². The van der Waals surface area contributed by atoms with Gasteiger partial charge in [0.15, 0.2) is 0 Å². The van der Waals surface area contributed by atoms with E-state index in [0.717, 1.165) is 147 Å². The Bertz CT molecular complexity index is 1730. The summed E-state index contributed by atoms with van der Waals surface area (Å²) >= 11 is 5.38. The Balaban J connectivity index is 0.000000144. The lowest BCUT2D eigenvalue weighted by Gasteiger charge is -2.40. The summed E-state index contributed by atoms with van der Waals surface area (Å²) in [5, 5.41) is 24.3. The van der Waals surface area contributed by atoms with Crippen molar-refractivity contribution in [1.29, 1.82) is 0 Å². The van der Waals surface area contributed by atoms with Crippen LogP contribution in [0.25, 0.3) is 0 Å². The number of aromatic nitrogens is 3.